The molecule has 0 fully saturated rings. The van der Waals surface area contributed by atoms with Gasteiger partial charge < -0.3 is 0 Å². The Labute approximate surface area is 121 Å². The third-order valence-electron chi connectivity index (χ3n) is 3.84. The van der Waals surface area contributed by atoms with Crippen LogP contribution in [-0.2, 0) is 24.8 Å². The lowest BCUT2D eigenvalue weighted by atomic mass is 9.91. The zero-order valence-corrected chi connectivity index (χ0v) is 13.2. The van der Waals surface area contributed by atoms with Gasteiger partial charge in [-0.3, -0.25) is 4.79 Å². The first-order valence-corrected chi connectivity index (χ1v) is 7.35. The maximum Gasteiger partial charge on any atom is 0.257 e. The van der Waals surface area contributed by atoms with Crippen LogP contribution < -0.4 is 4.57 Å². The Morgan fingerprint density at radius 3 is 2.50 bits per heavy atom. The van der Waals surface area contributed by atoms with E-state index in [1.165, 1.54) is 11.3 Å². The van der Waals surface area contributed by atoms with Gasteiger partial charge in [-0.15, -0.1) is 0 Å². The SMILES string of the molecule is CCCc1n(CC(=O)C(C)(C)C)c2ccccc2[n+]1C. The molecule has 0 bridgehead atoms. The van der Waals surface area contributed by atoms with Crippen molar-refractivity contribution in [3.8, 4) is 0 Å². The van der Waals surface area contributed by atoms with Crippen molar-refractivity contribution in [3.05, 3.63) is 30.1 Å². The second kappa shape index (κ2) is 5.39. The van der Waals surface area contributed by atoms with E-state index in [0.29, 0.717) is 6.54 Å². The van der Waals surface area contributed by atoms with Gasteiger partial charge in [0.2, 0.25) is 0 Å². The summed E-state index contributed by atoms with van der Waals surface area (Å²) in [5, 5.41) is 0. The molecule has 3 heteroatoms. The summed E-state index contributed by atoms with van der Waals surface area (Å²) in [4.78, 5) is 12.4. The average Bonchev–Trinajstić information content (AvgIpc) is 2.64. The van der Waals surface area contributed by atoms with Crippen molar-refractivity contribution in [1.82, 2.24) is 4.57 Å². The summed E-state index contributed by atoms with van der Waals surface area (Å²) < 4.78 is 4.40. The molecular formula is C17H25N2O+. The van der Waals surface area contributed by atoms with Gasteiger partial charge in [-0.1, -0.05) is 39.8 Å². The summed E-state index contributed by atoms with van der Waals surface area (Å²) in [5.74, 6) is 1.50. The molecule has 1 aromatic heterocycles. The minimum absolute atomic E-state index is 0.274. The van der Waals surface area contributed by atoms with Crippen LogP contribution in [0.25, 0.3) is 11.0 Å². The predicted octanol–water partition coefficient (Wildman–Crippen LogP) is 3.03. The molecule has 3 nitrogen and oxygen atoms in total. The summed E-state index contributed by atoms with van der Waals surface area (Å²) in [6.07, 6.45) is 2.07. The lowest BCUT2D eigenvalue weighted by Gasteiger charge is -2.15. The van der Waals surface area contributed by atoms with Crippen LogP contribution in [0.15, 0.2) is 24.3 Å². The molecule has 0 aliphatic carbocycles. The molecule has 1 heterocycles. The fourth-order valence-electron chi connectivity index (χ4n) is 2.52. The van der Waals surface area contributed by atoms with Gasteiger partial charge in [0, 0.05) is 11.8 Å². The largest absolute Gasteiger partial charge is 0.295 e. The van der Waals surface area contributed by atoms with E-state index in [1.807, 2.05) is 32.9 Å². The number of imidazole rings is 1. The van der Waals surface area contributed by atoms with Gasteiger partial charge in [0.25, 0.3) is 5.82 Å². The van der Waals surface area contributed by atoms with Crippen molar-refractivity contribution in [2.75, 3.05) is 0 Å². The molecule has 0 N–H and O–H groups in total. The molecule has 108 valence electrons. The number of hydrogen-bond acceptors (Lipinski definition) is 1. The Bertz CT molecular complexity index is 632. The van der Waals surface area contributed by atoms with E-state index in [0.717, 1.165) is 18.4 Å². The zero-order valence-electron chi connectivity index (χ0n) is 13.2. The number of hydrogen-bond donors (Lipinski definition) is 0. The van der Waals surface area contributed by atoms with Crippen LogP contribution >= 0.6 is 0 Å². The number of benzene rings is 1. The number of carbonyl (C=O) groups is 1. The van der Waals surface area contributed by atoms with Crippen LogP contribution in [0, 0.1) is 5.41 Å². The highest BCUT2D eigenvalue weighted by atomic mass is 16.1. The molecule has 0 amide bonds. The normalized spacial score (nSPS) is 12.1. The molecule has 0 spiro atoms. The average molecular weight is 273 g/mol. The summed E-state index contributed by atoms with van der Waals surface area (Å²) in [6, 6.07) is 8.31. The summed E-state index contributed by atoms with van der Waals surface area (Å²) in [5.41, 5.74) is 2.04. The van der Waals surface area contributed by atoms with Crippen LogP contribution in [0.3, 0.4) is 0 Å². The van der Waals surface area contributed by atoms with Gasteiger partial charge >= 0.3 is 0 Å². The smallest absolute Gasteiger partial charge is 0.257 e. The van der Waals surface area contributed by atoms with Crippen LogP contribution in [-0.4, -0.2) is 10.4 Å². The number of rotatable bonds is 4. The molecule has 0 aliphatic heterocycles. The highest BCUT2D eigenvalue weighted by Crippen LogP contribution is 2.20. The molecule has 0 aliphatic rings. The molecule has 2 aromatic rings. The van der Waals surface area contributed by atoms with Crippen LogP contribution in [0.4, 0.5) is 0 Å². The van der Waals surface area contributed by atoms with E-state index in [1.54, 1.807) is 0 Å². The Hall–Kier alpha value is -1.64. The number of Topliss-reactive ketones (excluding diaryl/α,β-unsaturated/α-hetero) is 1. The van der Waals surface area contributed by atoms with Crippen molar-refractivity contribution in [1.29, 1.82) is 0 Å². The molecule has 20 heavy (non-hydrogen) atoms. The van der Waals surface area contributed by atoms with Crippen molar-refractivity contribution in [2.45, 2.75) is 47.1 Å². The molecule has 0 unspecified atom stereocenters. The fourth-order valence-corrected chi connectivity index (χ4v) is 2.52. The van der Waals surface area contributed by atoms with Crippen LogP contribution in [0.5, 0.6) is 0 Å². The molecule has 2 rings (SSSR count). The van der Waals surface area contributed by atoms with Crippen LogP contribution in [0.2, 0.25) is 0 Å². The van der Waals surface area contributed by atoms with E-state index in [9.17, 15) is 4.79 Å². The minimum atomic E-state index is -0.298. The number of ketones is 1. The van der Waals surface area contributed by atoms with Gasteiger partial charge in [-0.2, -0.15) is 0 Å². The first kappa shape index (κ1) is 14.8. The van der Waals surface area contributed by atoms with Gasteiger partial charge in [0.05, 0.1) is 7.05 Å². The minimum Gasteiger partial charge on any atom is -0.295 e. The maximum absolute atomic E-state index is 12.4. The van der Waals surface area contributed by atoms with Crippen molar-refractivity contribution < 1.29 is 9.36 Å². The number of aromatic nitrogens is 2. The van der Waals surface area contributed by atoms with Crippen molar-refractivity contribution in [2.24, 2.45) is 12.5 Å². The fraction of sp³-hybridized carbons (Fsp3) is 0.529. The summed E-state index contributed by atoms with van der Waals surface area (Å²) in [6.45, 7) is 8.59. The van der Waals surface area contributed by atoms with E-state index in [4.69, 9.17) is 0 Å². The number of fused-ring (bicyclic) bond motifs is 1. The predicted molar refractivity (Wildman–Crippen MR) is 81.6 cm³/mol. The molecule has 0 saturated heterocycles. The topological polar surface area (TPSA) is 25.9 Å². The van der Waals surface area contributed by atoms with E-state index in [-0.39, 0.29) is 11.2 Å². The molecule has 0 radical (unpaired) electrons. The number of aryl methyl sites for hydroxylation is 1. The summed E-state index contributed by atoms with van der Waals surface area (Å²) in [7, 11) is 2.09. The monoisotopic (exact) mass is 273 g/mol. The van der Waals surface area contributed by atoms with Crippen molar-refractivity contribution in [3.63, 3.8) is 0 Å². The van der Waals surface area contributed by atoms with E-state index in [2.05, 4.69) is 35.2 Å². The Morgan fingerprint density at radius 2 is 1.90 bits per heavy atom. The Morgan fingerprint density at radius 1 is 1.25 bits per heavy atom. The molecule has 1 aromatic carbocycles. The third-order valence-corrected chi connectivity index (χ3v) is 3.84. The van der Waals surface area contributed by atoms with Crippen LogP contribution in [0.1, 0.15) is 39.9 Å². The lowest BCUT2D eigenvalue weighted by Crippen LogP contribution is -2.34. The van der Waals surface area contributed by atoms with E-state index >= 15 is 0 Å². The maximum atomic E-state index is 12.4. The molecule has 0 atom stereocenters. The third kappa shape index (κ3) is 2.62. The van der Waals surface area contributed by atoms with Gasteiger partial charge in [-0.25, -0.2) is 9.13 Å². The highest BCUT2D eigenvalue weighted by molar-refractivity contribution is 5.85. The van der Waals surface area contributed by atoms with E-state index < -0.39 is 0 Å². The molecule has 0 saturated carbocycles. The van der Waals surface area contributed by atoms with Crippen molar-refractivity contribution >= 4 is 16.8 Å². The quantitative estimate of drug-likeness (QED) is 0.786. The first-order valence-electron chi connectivity index (χ1n) is 7.35. The first-order chi connectivity index (χ1) is 9.36. The number of carbonyl (C=O) groups excluding carboxylic acids is 1. The lowest BCUT2D eigenvalue weighted by molar-refractivity contribution is -0.654. The standard InChI is InChI=1S/C17H25N2O/c1-6-9-16-18(5)13-10-7-8-11-14(13)19(16)12-15(20)17(2,3)4/h7-8,10-11H,6,9,12H2,1-5H3/q+1. The zero-order chi connectivity index (χ0) is 14.9. The summed E-state index contributed by atoms with van der Waals surface area (Å²) >= 11 is 0. The second-order valence-corrected chi connectivity index (χ2v) is 6.47. The van der Waals surface area contributed by atoms with Gasteiger partial charge in [0.1, 0.15) is 6.54 Å². The number of para-hydroxylation sites is 2. The Balaban J connectivity index is 2.55. The Kier molecular flexibility index (Phi) is 3.98. The number of nitrogens with zero attached hydrogens (tertiary/aromatic N) is 2. The second-order valence-electron chi connectivity index (χ2n) is 6.47. The highest BCUT2D eigenvalue weighted by Gasteiger charge is 2.28. The molecular weight excluding hydrogens is 248 g/mol. The van der Waals surface area contributed by atoms with Gasteiger partial charge in [-0.05, 0) is 18.6 Å². The van der Waals surface area contributed by atoms with Gasteiger partial charge in [0.15, 0.2) is 16.8 Å².